The van der Waals surface area contributed by atoms with E-state index >= 15 is 0 Å². The lowest BCUT2D eigenvalue weighted by Crippen LogP contribution is -2.54. The molecule has 2 amide bonds. The molecule has 0 radical (unpaired) electrons. The van der Waals surface area contributed by atoms with Crippen LogP contribution in [-0.4, -0.2) is 64.3 Å². The summed E-state index contributed by atoms with van der Waals surface area (Å²) in [4.78, 5) is 40.9. The fraction of sp³-hybridized carbons (Fsp3) is 0.880. The number of hydrogen-bond acceptors (Lipinski definition) is 4. The lowest BCUT2D eigenvalue weighted by molar-refractivity contribution is -0.148. The zero-order chi connectivity index (χ0) is 22.0. The number of carbonyl (C=O) groups is 3. The van der Waals surface area contributed by atoms with E-state index in [9.17, 15) is 19.5 Å². The zero-order valence-corrected chi connectivity index (χ0v) is 19.2. The molecule has 4 rings (SSSR count). The molecule has 1 aliphatic heterocycles. The summed E-state index contributed by atoms with van der Waals surface area (Å²) in [5.74, 6) is 2.70. The summed E-state index contributed by atoms with van der Waals surface area (Å²) < 4.78 is 0. The van der Waals surface area contributed by atoms with E-state index in [1.165, 1.54) is 25.7 Å². The first-order valence-electron chi connectivity index (χ1n) is 12.7. The second-order valence-corrected chi connectivity index (χ2v) is 10.6. The quantitative estimate of drug-likeness (QED) is 0.699. The van der Waals surface area contributed by atoms with Crippen LogP contribution in [0.5, 0.6) is 0 Å². The molecule has 0 aromatic heterocycles. The molecule has 6 heteroatoms. The number of piperazine rings is 1. The minimum Gasteiger partial charge on any atom is -0.380 e. The number of hydrogen-bond donors (Lipinski definition) is 1. The van der Waals surface area contributed by atoms with Crippen molar-refractivity contribution in [2.75, 3.05) is 26.2 Å². The third-order valence-electron chi connectivity index (χ3n) is 8.52. The average Bonchev–Trinajstić information content (AvgIpc) is 3.57. The van der Waals surface area contributed by atoms with Crippen LogP contribution in [0.25, 0.3) is 0 Å². The van der Waals surface area contributed by atoms with E-state index in [0.717, 1.165) is 43.9 Å². The highest BCUT2D eigenvalue weighted by molar-refractivity contribution is 5.88. The number of rotatable bonds is 6. The topological polar surface area (TPSA) is 77.9 Å². The van der Waals surface area contributed by atoms with Crippen molar-refractivity contribution in [1.29, 1.82) is 0 Å². The molecule has 2 atom stereocenters. The molecule has 6 nitrogen and oxygen atoms in total. The van der Waals surface area contributed by atoms with Crippen molar-refractivity contribution < 1.29 is 19.5 Å². The number of Topliss-reactive ketones (excluding diaryl/α,β-unsaturated/α-hetero) is 1. The summed E-state index contributed by atoms with van der Waals surface area (Å²) in [6.45, 7) is 4.24. The Morgan fingerprint density at radius 3 is 2.13 bits per heavy atom. The van der Waals surface area contributed by atoms with Crippen LogP contribution >= 0.6 is 0 Å². The molecule has 0 aromatic carbocycles. The standard InChI is InChI=1S/C25H40N2O4/c1-2-22(28)17-18-4-3-5-21(16-18)19-6-8-20(9-7-19)23(29)26-12-14-27(15-13-26)24(30)25(31)10-11-25/h18-21,31H,2-17H2,1H3. The molecule has 0 spiro atoms. The van der Waals surface area contributed by atoms with Gasteiger partial charge < -0.3 is 14.9 Å². The third-order valence-corrected chi connectivity index (χ3v) is 8.52. The van der Waals surface area contributed by atoms with Gasteiger partial charge in [0.1, 0.15) is 11.4 Å². The largest absolute Gasteiger partial charge is 0.380 e. The average molecular weight is 433 g/mol. The van der Waals surface area contributed by atoms with Crippen molar-refractivity contribution in [2.45, 2.75) is 89.6 Å². The molecule has 1 N–H and O–H groups in total. The van der Waals surface area contributed by atoms with Crippen LogP contribution < -0.4 is 0 Å². The predicted molar refractivity (Wildman–Crippen MR) is 118 cm³/mol. The van der Waals surface area contributed by atoms with Crippen LogP contribution in [0.4, 0.5) is 0 Å². The van der Waals surface area contributed by atoms with E-state index < -0.39 is 5.60 Å². The Morgan fingerprint density at radius 2 is 1.52 bits per heavy atom. The number of carbonyl (C=O) groups excluding carboxylic acids is 3. The number of ketones is 1. The van der Waals surface area contributed by atoms with Gasteiger partial charge in [0, 0.05) is 44.9 Å². The number of nitrogens with zero attached hydrogens (tertiary/aromatic N) is 2. The molecule has 0 aromatic rings. The second kappa shape index (κ2) is 9.60. The van der Waals surface area contributed by atoms with Gasteiger partial charge in [-0.1, -0.05) is 26.2 Å². The van der Waals surface area contributed by atoms with E-state index in [0.29, 0.717) is 57.1 Å². The van der Waals surface area contributed by atoms with Crippen molar-refractivity contribution in [1.82, 2.24) is 9.80 Å². The maximum Gasteiger partial charge on any atom is 0.254 e. The summed E-state index contributed by atoms with van der Waals surface area (Å²) in [6, 6.07) is 0. The minimum atomic E-state index is -1.10. The third kappa shape index (κ3) is 5.32. The van der Waals surface area contributed by atoms with E-state index in [4.69, 9.17) is 0 Å². The van der Waals surface area contributed by atoms with Gasteiger partial charge in [0.25, 0.3) is 5.91 Å². The second-order valence-electron chi connectivity index (χ2n) is 10.6. The Kier molecular flexibility index (Phi) is 7.04. The maximum atomic E-state index is 13.1. The highest BCUT2D eigenvalue weighted by Gasteiger charge is 2.50. The van der Waals surface area contributed by atoms with Crippen molar-refractivity contribution in [3.63, 3.8) is 0 Å². The molecular weight excluding hydrogens is 392 g/mol. The molecule has 4 aliphatic rings. The molecule has 1 heterocycles. The van der Waals surface area contributed by atoms with E-state index in [1.54, 1.807) is 4.90 Å². The first-order chi connectivity index (χ1) is 14.9. The van der Waals surface area contributed by atoms with Crippen LogP contribution in [-0.2, 0) is 14.4 Å². The van der Waals surface area contributed by atoms with Gasteiger partial charge in [-0.25, -0.2) is 0 Å². The van der Waals surface area contributed by atoms with Crippen LogP contribution in [0.3, 0.4) is 0 Å². The molecule has 0 bridgehead atoms. The van der Waals surface area contributed by atoms with Crippen LogP contribution in [0.15, 0.2) is 0 Å². The Bertz CT molecular complexity index is 673. The number of amides is 2. The van der Waals surface area contributed by atoms with Gasteiger partial charge in [0.05, 0.1) is 0 Å². The first kappa shape index (κ1) is 22.8. The Balaban J connectivity index is 1.20. The summed E-state index contributed by atoms with van der Waals surface area (Å²) >= 11 is 0. The normalized spacial score (nSPS) is 33.1. The fourth-order valence-corrected chi connectivity index (χ4v) is 6.26. The van der Waals surface area contributed by atoms with Crippen molar-refractivity contribution >= 4 is 17.6 Å². The van der Waals surface area contributed by atoms with Crippen molar-refractivity contribution in [3.8, 4) is 0 Å². The van der Waals surface area contributed by atoms with E-state index in [-0.39, 0.29) is 17.7 Å². The van der Waals surface area contributed by atoms with Gasteiger partial charge in [0.2, 0.25) is 5.91 Å². The van der Waals surface area contributed by atoms with Crippen LogP contribution in [0.2, 0.25) is 0 Å². The number of aliphatic hydroxyl groups is 1. The van der Waals surface area contributed by atoms with Gasteiger partial charge in [-0.3, -0.25) is 14.4 Å². The van der Waals surface area contributed by atoms with Gasteiger partial charge in [0.15, 0.2) is 0 Å². The van der Waals surface area contributed by atoms with Crippen molar-refractivity contribution in [3.05, 3.63) is 0 Å². The lowest BCUT2D eigenvalue weighted by atomic mass is 9.68. The van der Waals surface area contributed by atoms with Crippen LogP contribution in [0, 0.1) is 23.7 Å². The highest BCUT2D eigenvalue weighted by Crippen LogP contribution is 2.43. The summed E-state index contributed by atoms with van der Waals surface area (Å²) in [5.41, 5.74) is -1.10. The zero-order valence-electron chi connectivity index (χ0n) is 19.2. The van der Waals surface area contributed by atoms with Crippen LogP contribution in [0.1, 0.15) is 84.0 Å². The van der Waals surface area contributed by atoms with Gasteiger partial charge >= 0.3 is 0 Å². The van der Waals surface area contributed by atoms with Gasteiger partial charge in [-0.05, 0) is 62.7 Å². The smallest absolute Gasteiger partial charge is 0.254 e. The summed E-state index contributed by atoms with van der Waals surface area (Å²) in [6.07, 6.45) is 11.8. The minimum absolute atomic E-state index is 0.132. The highest BCUT2D eigenvalue weighted by atomic mass is 16.3. The van der Waals surface area contributed by atoms with Gasteiger partial charge in [-0.15, -0.1) is 0 Å². The lowest BCUT2D eigenvalue weighted by Gasteiger charge is -2.40. The van der Waals surface area contributed by atoms with E-state index in [1.807, 2.05) is 11.8 Å². The fourth-order valence-electron chi connectivity index (χ4n) is 6.26. The molecule has 31 heavy (non-hydrogen) atoms. The molecule has 1 saturated heterocycles. The Morgan fingerprint density at radius 1 is 0.871 bits per heavy atom. The Hall–Kier alpha value is -1.43. The molecule has 3 saturated carbocycles. The summed E-state index contributed by atoms with van der Waals surface area (Å²) in [7, 11) is 0. The maximum absolute atomic E-state index is 13.1. The molecular formula is C25H40N2O4. The monoisotopic (exact) mass is 432 g/mol. The predicted octanol–water partition coefficient (Wildman–Crippen LogP) is 3.16. The van der Waals surface area contributed by atoms with E-state index in [2.05, 4.69) is 0 Å². The molecule has 3 aliphatic carbocycles. The molecule has 2 unspecified atom stereocenters. The SMILES string of the molecule is CCC(=O)CC1CCCC(C2CCC(C(=O)N3CCN(C(=O)C4(O)CC4)CC3)CC2)C1. The van der Waals surface area contributed by atoms with Gasteiger partial charge in [-0.2, -0.15) is 0 Å². The molecule has 4 fully saturated rings. The first-order valence-corrected chi connectivity index (χ1v) is 12.7. The van der Waals surface area contributed by atoms with Crippen molar-refractivity contribution in [2.24, 2.45) is 23.7 Å². The Labute approximate surface area is 186 Å². The summed E-state index contributed by atoms with van der Waals surface area (Å²) in [5, 5.41) is 10.0. The molecule has 174 valence electrons.